The van der Waals surface area contributed by atoms with Crippen molar-refractivity contribution in [2.24, 2.45) is 5.92 Å². The van der Waals surface area contributed by atoms with Crippen molar-refractivity contribution in [2.75, 3.05) is 43.0 Å². The Labute approximate surface area is 203 Å². The first-order valence-corrected chi connectivity index (χ1v) is 11.9. The molecule has 32 heavy (non-hydrogen) atoms. The van der Waals surface area contributed by atoms with Gasteiger partial charge in [0, 0.05) is 37.8 Å². The molecule has 0 saturated carbocycles. The first-order valence-electron chi connectivity index (χ1n) is 10.7. The van der Waals surface area contributed by atoms with Gasteiger partial charge in [-0.15, -0.1) is 0 Å². The molecule has 1 aliphatic rings. The minimum absolute atomic E-state index is 0.00745. The number of hydrogen-bond acceptors (Lipinski definition) is 4. The lowest BCUT2D eigenvalue weighted by Gasteiger charge is -2.37. The van der Waals surface area contributed by atoms with Crippen LogP contribution in [0.25, 0.3) is 0 Å². The monoisotopic (exact) mass is 521 g/mol. The van der Waals surface area contributed by atoms with E-state index >= 15 is 0 Å². The number of piperazine rings is 1. The number of amides is 2. The highest BCUT2D eigenvalue weighted by Crippen LogP contribution is 2.31. The maximum atomic E-state index is 12.4. The summed E-state index contributed by atoms with van der Waals surface area (Å²) >= 11 is 10.0. The molecule has 0 bridgehead atoms. The molecule has 0 aliphatic carbocycles. The maximum absolute atomic E-state index is 12.4. The van der Waals surface area contributed by atoms with Gasteiger partial charge in [-0.05, 0) is 65.2 Å². The summed E-state index contributed by atoms with van der Waals surface area (Å²) in [7, 11) is 0. The standard InChI is InChI=1S/C24H29BrClN3O3/c1-15(2)24(31)29-9-7-28(8-10-29)21-6-5-18(13-20(21)26)27-22(30)14-32-23-17(4)11-16(3)12-19(23)25/h5-6,11-13,15H,7-10,14H2,1-4H3,(H,27,30). The minimum Gasteiger partial charge on any atom is -0.482 e. The topological polar surface area (TPSA) is 61.9 Å². The Morgan fingerprint density at radius 2 is 1.81 bits per heavy atom. The van der Waals surface area contributed by atoms with Gasteiger partial charge in [-0.3, -0.25) is 9.59 Å². The highest BCUT2D eigenvalue weighted by molar-refractivity contribution is 9.10. The fraction of sp³-hybridized carbons (Fsp3) is 0.417. The van der Waals surface area contributed by atoms with Gasteiger partial charge in [0.2, 0.25) is 5.91 Å². The molecule has 1 N–H and O–H groups in total. The molecule has 1 saturated heterocycles. The Hall–Kier alpha value is -2.25. The number of benzene rings is 2. The van der Waals surface area contributed by atoms with Crippen molar-refractivity contribution >= 4 is 50.7 Å². The van der Waals surface area contributed by atoms with E-state index in [9.17, 15) is 9.59 Å². The number of carbonyl (C=O) groups excluding carboxylic acids is 2. The molecule has 2 aromatic carbocycles. The first kappa shape index (κ1) is 24.4. The van der Waals surface area contributed by atoms with Crippen LogP contribution < -0.4 is 15.0 Å². The van der Waals surface area contributed by atoms with Gasteiger partial charge in [0.15, 0.2) is 6.61 Å². The molecule has 172 valence electrons. The maximum Gasteiger partial charge on any atom is 0.262 e. The Morgan fingerprint density at radius 3 is 2.41 bits per heavy atom. The van der Waals surface area contributed by atoms with Crippen molar-refractivity contribution in [2.45, 2.75) is 27.7 Å². The summed E-state index contributed by atoms with van der Waals surface area (Å²) in [5.41, 5.74) is 3.60. The van der Waals surface area contributed by atoms with Crippen LogP contribution in [0.5, 0.6) is 5.75 Å². The predicted molar refractivity (Wildman–Crippen MR) is 133 cm³/mol. The van der Waals surface area contributed by atoms with E-state index in [4.69, 9.17) is 16.3 Å². The number of aryl methyl sites for hydroxylation is 2. The van der Waals surface area contributed by atoms with Gasteiger partial charge < -0.3 is 19.9 Å². The summed E-state index contributed by atoms with van der Waals surface area (Å²) in [5.74, 6) is 0.590. The van der Waals surface area contributed by atoms with E-state index in [1.807, 2.05) is 56.9 Å². The highest BCUT2D eigenvalue weighted by Gasteiger charge is 2.24. The number of halogens is 2. The smallest absolute Gasteiger partial charge is 0.262 e. The molecule has 1 heterocycles. The van der Waals surface area contributed by atoms with Gasteiger partial charge in [0.25, 0.3) is 5.91 Å². The average Bonchev–Trinajstić information content (AvgIpc) is 2.72. The summed E-state index contributed by atoms with van der Waals surface area (Å²) in [6.45, 7) is 10.5. The lowest BCUT2D eigenvalue weighted by atomic mass is 10.1. The molecule has 0 spiro atoms. The average molecular weight is 523 g/mol. The molecule has 0 aromatic heterocycles. The second-order valence-corrected chi connectivity index (χ2v) is 9.62. The molecule has 0 radical (unpaired) electrons. The molecule has 0 atom stereocenters. The summed E-state index contributed by atoms with van der Waals surface area (Å²) < 4.78 is 6.54. The first-order chi connectivity index (χ1) is 15.2. The second-order valence-electron chi connectivity index (χ2n) is 8.36. The van der Waals surface area contributed by atoms with E-state index in [0.29, 0.717) is 29.5 Å². The normalized spacial score (nSPS) is 14.0. The van der Waals surface area contributed by atoms with E-state index in [0.717, 1.165) is 34.4 Å². The SMILES string of the molecule is Cc1cc(C)c(OCC(=O)Nc2ccc(N3CCN(C(=O)C(C)C)CC3)c(Cl)c2)c(Br)c1. The number of hydrogen-bond donors (Lipinski definition) is 1. The van der Waals surface area contributed by atoms with Crippen LogP contribution in [0, 0.1) is 19.8 Å². The van der Waals surface area contributed by atoms with Gasteiger partial charge in [-0.25, -0.2) is 0 Å². The third kappa shape index (κ3) is 5.95. The fourth-order valence-electron chi connectivity index (χ4n) is 3.79. The fourth-order valence-corrected chi connectivity index (χ4v) is 4.88. The molecular formula is C24H29BrClN3O3. The van der Waals surface area contributed by atoms with Crippen LogP contribution in [0.4, 0.5) is 11.4 Å². The Kier molecular flexibility index (Phi) is 8.06. The largest absolute Gasteiger partial charge is 0.482 e. The second kappa shape index (κ2) is 10.6. The van der Waals surface area contributed by atoms with Crippen molar-refractivity contribution in [3.8, 4) is 5.75 Å². The van der Waals surface area contributed by atoms with Crippen molar-refractivity contribution in [3.63, 3.8) is 0 Å². The summed E-state index contributed by atoms with van der Waals surface area (Å²) in [6, 6.07) is 9.44. The zero-order valence-electron chi connectivity index (χ0n) is 18.9. The van der Waals surface area contributed by atoms with Crippen molar-refractivity contribution in [1.82, 2.24) is 4.90 Å². The lowest BCUT2D eigenvalue weighted by Crippen LogP contribution is -2.50. The van der Waals surface area contributed by atoms with Crippen LogP contribution in [-0.2, 0) is 9.59 Å². The summed E-state index contributed by atoms with van der Waals surface area (Å²) in [6.07, 6.45) is 0. The predicted octanol–water partition coefficient (Wildman–Crippen LogP) is 5.04. The van der Waals surface area contributed by atoms with Crippen LogP contribution in [0.1, 0.15) is 25.0 Å². The molecule has 1 aliphatic heterocycles. The molecule has 3 rings (SSSR count). The van der Waals surface area contributed by atoms with E-state index < -0.39 is 0 Å². The lowest BCUT2D eigenvalue weighted by molar-refractivity contribution is -0.134. The summed E-state index contributed by atoms with van der Waals surface area (Å²) in [4.78, 5) is 28.6. The van der Waals surface area contributed by atoms with Crippen molar-refractivity contribution < 1.29 is 14.3 Å². The van der Waals surface area contributed by atoms with Gasteiger partial charge in [-0.1, -0.05) is 31.5 Å². The number of rotatable bonds is 6. The van der Waals surface area contributed by atoms with E-state index in [1.54, 1.807) is 6.07 Å². The van der Waals surface area contributed by atoms with Crippen LogP contribution in [0.2, 0.25) is 5.02 Å². The highest BCUT2D eigenvalue weighted by atomic mass is 79.9. The van der Waals surface area contributed by atoms with Gasteiger partial charge in [0.05, 0.1) is 15.2 Å². The Morgan fingerprint density at radius 1 is 1.12 bits per heavy atom. The molecule has 2 aromatic rings. The van der Waals surface area contributed by atoms with Crippen LogP contribution in [0.15, 0.2) is 34.8 Å². The zero-order chi connectivity index (χ0) is 23.4. The minimum atomic E-state index is -0.262. The Bertz CT molecular complexity index is 981. The number of nitrogens with zero attached hydrogens (tertiary/aromatic N) is 2. The number of anilines is 2. The van der Waals surface area contributed by atoms with Gasteiger partial charge >= 0.3 is 0 Å². The molecule has 6 nitrogen and oxygen atoms in total. The third-order valence-electron chi connectivity index (χ3n) is 5.38. The van der Waals surface area contributed by atoms with E-state index in [-0.39, 0.29) is 24.3 Å². The van der Waals surface area contributed by atoms with Gasteiger partial charge in [0.1, 0.15) is 5.75 Å². The molecule has 2 amide bonds. The zero-order valence-corrected chi connectivity index (χ0v) is 21.2. The Balaban J connectivity index is 1.56. The van der Waals surface area contributed by atoms with E-state index in [2.05, 4.69) is 26.1 Å². The number of carbonyl (C=O) groups is 2. The van der Waals surface area contributed by atoms with Gasteiger partial charge in [-0.2, -0.15) is 0 Å². The van der Waals surface area contributed by atoms with Crippen LogP contribution >= 0.6 is 27.5 Å². The molecule has 0 unspecified atom stereocenters. The van der Waals surface area contributed by atoms with Crippen LogP contribution in [0.3, 0.4) is 0 Å². The molecule has 8 heteroatoms. The number of nitrogens with one attached hydrogen (secondary N) is 1. The van der Waals surface area contributed by atoms with Crippen molar-refractivity contribution in [3.05, 3.63) is 51.0 Å². The van der Waals surface area contributed by atoms with Crippen molar-refractivity contribution in [1.29, 1.82) is 0 Å². The van der Waals surface area contributed by atoms with Crippen LogP contribution in [-0.4, -0.2) is 49.5 Å². The van der Waals surface area contributed by atoms with E-state index in [1.165, 1.54) is 0 Å². The third-order valence-corrected chi connectivity index (χ3v) is 6.27. The summed E-state index contributed by atoms with van der Waals surface area (Å²) in [5, 5.41) is 3.39. The molecule has 1 fully saturated rings. The molecular weight excluding hydrogens is 494 g/mol. The number of ether oxygens (including phenoxy) is 1. The quantitative estimate of drug-likeness (QED) is 0.577.